The lowest BCUT2D eigenvalue weighted by Gasteiger charge is -2.31. The fraction of sp³-hybridized carbons (Fsp3) is 0.833. The zero-order valence-electron chi connectivity index (χ0n) is 9.87. The van der Waals surface area contributed by atoms with E-state index in [-0.39, 0.29) is 17.7 Å². The van der Waals surface area contributed by atoms with E-state index in [9.17, 15) is 9.59 Å². The number of carbonyl (C=O) groups excluding carboxylic acids is 2. The van der Waals surface area contributed by atoms with Crippen molar-refractivity contribution in [3.63, 3.8) is 0 Å². The summed E-state index contributed by atoms with van der Waals surface area (Å²) in [5.41, 5.74) is 0. The second kappa shape index (κ2) is 4.85. The number of amides is 2. The van der Waals surface area contributed by atoms with Gasteiger partial charge in [-0.15, -0.1) is 0 Å². The molecule has 1 aliphatic carbocycles. The van der Waals surface area contributed by atoms with E-state index in [0.717, 1.165) is 12.8 Å². The third kappa shape index (κ3) is 2.20. The Morgan fingerprint density at radius 3 is 2.62 bits per heavy atom. The average Bonchev–Trinajstić information content (AvgIpc) is 2.71. The molecular formula is C12H20N2O2. The predicted molar refractivity (Wildman–Crippen MR) is 60.8 cm³/mol. The number of hydrogen-bond acceptors (Lipinski definition) is 2. The van der Waals surface area contributed by atoms with Gasteiger partial charge in [-0.1, -0.05) is 19.3 Å². The van der Waals surface area contributed by atoms with E-state index in [1.165, 1.54) is 19.3 Å². The molecule has 0 aromatic carbocycles. The molecule has 1 heterocycles. The van der Waals surface area contributed by atoms with E-state index >= 15 is 0 Å². The molecule has 0 radical (unpaired) electrons. The summed E-state index contributed by atoms with van der Waals surface area (Å²) < 4.78 is 0. The minimum absolute atomic E-state index is 0.00617. The molecule has 2 amide bonds. The van der Waals surface area contributed by atoms with Crippen LogP contribution in [-0.2, 0) is 9.59 Å². The normalized spacial score (nSPS) is 27.2. The van der Waals surface area contributed by atoms with E-state index < -0.39 is 0 Å². The molecule has 0 unspecified atom stereocenters. The van der Waals surface area contributed by atoms with E-state index in [0.29, 0.717) is 19.0 Å². The number of nitrogens with one attached hydrogen (secondary N) is 1. The predicted octanol–water partition coefficient (Wildman–Crippen LogP) is 0.914. The van der Waals surface area contributed by atoms with Crippen LogP contribution < -0.4 is 5.32 Å². The quantitative estimate of drug-likeness (QED) is 0.758. The summed E-state index contributed by atoms with van der Waals surface area (Å²) in [7, 11) is 1.63. The molecule has 1 saturated heterocycles. The van der Waals surface area contributed by atoms with Crippen LogP contribution in [0.5, 0.6) is 0 Å². The van der Waals surface area contributed by atoms with Crippen molar-refractivity contribution in [3.8, 4) is 0 Å². The fourth-order valence-electron chi connectivity index (χ4n) is 2.86. The second-order valence-corrected chi connectivity index (χ2v) is 4.85. The van der Waals surface area contributed by atoms with Crippen molar-refractivity contribution < 1.29 is 9.59 Å². The Bertz CT molecular complexity index is 285. The molecule has 1 saturated carbocycles. The van der Waals surface area contributed by atoms with Crippen molar-refractivity contribution in [2.24, 2.45) is 5.92 Å². The summed E-state index contributed by atoms with van der Waals surface area (Å²) in [5, 5.41) is 2.63. The summed E-state index contributed by atoms with van der Waals surface area (Å²) in [6, 6.07) is 0.399. The Kier molecular flexibility index (Phi) is 3.46. The Morgan fingerprint density at radius 2 is 2.00 bits per heavy atom. The van der Waals surface area contributed by atoms with Crippen LogP contribution >= 0.6 is 0 Å². The zero-order chi connectivity index (χ0) is 11.5. The monoisotopic (exact) mass is 224 g/mol. The van der Waals surface area contributed by atoms with Crippen LogP contribution in [0.2, 0.25) is 0 Å². The van der Waals surface area contributed by atoms with Crippen LogP contribution in [0.4, 0.5) is 0 Å². The summed E-state index contributed by atoms with van der Waals surface area (Å²) in [6.07, 6.45) is 6.37. The van der Waals surface area contributed by atoms with Crippen LogP contribution in [0.15, 0.2) is 0 Å². The highest BCUT2D eigenvalue weighted by atomic mass is 16.2. The molecular weight excluding hydrogens is 204 g/mol. The van der Waals surface area contributed by atoms with Crippen LogP contribution in [0.3, 0.4) is 0 Å². The third-order valence-corrected chi connectivity index (χ3v) is 3.79. The van der Waals surface area contributed by atoms with Crippen molar-refractivity contribution in [3.05, 3.63) is 0 Å². The molecule has 2 fully saturated rings. The first-order chi connectivity index (χ1) is 7.72. The number of likely N-dealkylation sites (tertiary alicyclic amines) is 1. The fourth-order valence-corrected chi connectivity index (χ4v) is 2.86. The Hall–Kier alpha value is -1.06. The lowest BCUT2D eigenvalue weighted by atomic mass is 9.94. The maximum atomic E-state index is 11.9. The van der Waals surface area contributed by atoms with Crippen LogP contribution in [0, 0.1) is 5.92 Å². The van der Waals surface area contributed by atoms with E-state index in [4.69, 9.17) is 0 Å². The van der Waals surface area contributed by atoms with Gasteiger partial charge in [0.1, 0.15) is 0 Å². The molecule has 0 spiro atoms. The van der Waals surface area contributed by atoms with E-state index in [2.05, 4.69) is 5.32 Å². The highest BCUT2D eigenvalue weighted by Gasteiger charge is 2.37. The lowest BCUT2D eigenvalue weighted by molar-refractivity contribution is -0.130. The number of hydrogen-bond donors (Lipinski definition) is 1. The van der Waals surface area contributed by atoms with Gasteiger partial charge in [0.15, 0.2) is 0 Å². The molecule has 0 aromatic rings. The molecule has 4 heteroatoms. The first-order valence-corrected chi connectivity index (χ1v) is 6.23. The van der Waals surface area contributed by atoms with Gasteiger partial charge in [-0.3, -0.25) is 9.59 Å². The SMILES string of the molecule is CNC(=O)[C@H]1CC(=O)N(C2CCCCC2)C1. The number of nitrogens with zero attached hydrogens (tertiary/aromatic N) is 1. The molecule has 4 nitrogen and oxygen atoms in total. The highest BCUT2D eigenvalue weighted by molar-refractivity contribution is 5.89. The lowest BCUT2D eigenvalue weighted by Crippen LogP contribution is -2.39. The van der Waals surface area contributed by atoms with Gasteiger partial charge in [0.2, 0.25) is 11.8 Å². The van der Waals surface area contributed by atoms with Gasteiger partial charge in [0.05, 0.1) is 5.92 Å². The summed E-state index contributed by atoms with van der Waals surface area (Å²) in [4.78, 5) is 25.3. The largest absolute Gasteiger partial charge is 0.359 e. The standard InChI is InChI=1S/C12H20N2O2/c1-13-12(16)9-7-11(15)14(8-9)10-5-3-2-4-6-10/h9-10H,2-8H2,1H3,(H,13,16)/t9-/m0/s1. The Balaban J connectivity index is 1.96. The minimum Gasteiger partial charge on any atom is -0.359 e. The Labute approximate surface area is 96.4 Å². The molecule has 16 heavy (non-hydrogen) atoms. The Morgan fingerprint density at radius 1 is 1.31 bits per heavy atom. The summed E-state index contributed by atoms with van der Waals surface area (Å²) in [5.74, 6) is 0.0478. The molecule has 2 rings (SSSR count). The van der Waals surface area contributed by atoms with Crippen molar-refractivity contribution in [2.75, 3.05) is 13.6 Å². The van der Waals surface area contributed by atoms with E-state index in [1.54, 1.807) is 7.05 Å². The smallest absolute Gasteiger partial charge is 0.225 e. The van der Waals surface area contributed by atoms with Crippen molar-refractivity contribution >= 4 is 11.8 Å². The minimum atomic E-state index is -0.126. The van der Waals surface area contributed by atoms with Gasteiger partial charge < -0.3 is 10.2 Å². The van der Waals surface area contributed by atoms with Gasteiger partial charge in [-0.2, -0.15) is 0 Å². The molecule has 0 aromatic heterocycles. The molecule has 0 bridgehead atoms. The summed E-state index contributed by atoms with van der Waals surface area (Å²) in [6.45, 7) is 0.628. The number of rotatable bonds is 2. The van der Waals surface area contributed by atoms with Gasteiger partial charge in [0.25, 0.3) is 0 Å². The van der Waals surface area contributed by atoms with E-state index in [1.807, 2.05) is 4.90 Å². The first kappa shape index (κ1) is 11.4. The van der Waals surface area contributed by atoms with Gasteiger partial charge >= 0.3 is 0 Å². The number of carbonyl (C=O) groups is 2. The first-order valence-electron chi connectivity index (χ1n) is 6.23. The maximum Gasteiger partial charge on any atom is 0.225 e. The van der Waals surface area contributed by atoms with Crippen molar-refractivity contribution in [2.45, 2.75) is 44.6 Å². The zero-order valence-corrected chi connectivity index (χ0v) is 9.87. The second-order valence-electron chi connectivity index (χ2n) is 4.85. The van der Waals surface area contributed by atoms with Gasteiger partial charge in [0, 0.05) is 26.1 Å². The van der Waals surface area contributed by atoms with Gasteiger partial charge in [-0.25, -0.2) is 0 Å². The summed E-state index contributed by atoms with van der Waals surface area (Å²) >= 11 is 0. The van der Waals surface area contributed by atoms with Gasteiger partial charge in [-0.05, 0) is 12.8 Å². The topological polar surface area (TPSA) is 49.4 Å². The van der Waals surface area contributed by atoms with Crippen molar-refractivity contribution in [1.29, 1.82) is 0 Å². The van der Waals surface area contributed by atoms with Crippen molar-refractivity contribution in [1.82, 2.24) is 10.2 Å². The molecule has 90 valence electrons. The van der Waals surface area contributed by atoms with Crippen LogP contribution in [-0.4, -0.2) is 36.3 Å². The van der Waals surface area contributed by atoms with Crippen LogP contribution in [0.25, 0.3) is 0 Å². The highest BCUT2D eigenvalue weighted by Crippen LogP contribution is 2.28. The molecule has 1 N–H and O–H groups in total. The molecule has 1 atom stereocenters. The maximum absolute atomic E-state index is 11.9. The van der Waals surface area contributed by atoms with Crippen LogP contribution in [0.1, 0.15) is 38.5 Å². The molecule has 2 aliphatic rings. The third-order valence-electron chi connectivity index (χ3n) is 3.79. The molecule has 1 aliphatic heterocycles. The average molecular weight is 224 g/mol.